The predicted octanol–water partition coefficient (Wildman–Crippen LogP) is 5.84. The van der Waals surface area contributed by atoms with E-state index in [1.165, 1.54) is 65.2 Å². The molecule has 0 radical (unpaired) electrons. The molecule has 0 atom stereocenters. The number of aliphatic carboxylic acids is 2. The quantitative estimate of drug-likeness (QED) is 0.126. The summed E-state index contributed by atoms with van der Waals surface area (Å²) in [5, 5.41) is 47.0. The number of carboxylic acids is 2. The van der Waals surface area contributed by atoms with Crippen molar-refractivity contribution in [3.8, 4) is 0 Å². The minimum Gasteiger partial charge on any atom is -0.550 e. The molecule has 0 aliphatic carbocycles. The molecule has 0 saturated heterocycles. The first-order chi connectivity index (χ1) is 28.8. The third-order valence-corrected chi connectivity index (χ3v) is 20.9. The number of hydrogen-bond donors (Lipinski definition) is 2. The van der Waals surface area contributed by atoms with Crippen molar-refractivity contribution in [1.82, 2.24) is 0 Å². The van der Waals surface area contributed by atoms with Gasteiger partial charge in [0.1, 0.15) is 46.4 Å². The van der Waals surface area contributed by atoms with Crippen LogP contribution in [-0.2, 0) is 9.59 Å². The number of aliphatic hydroxyl groups is 2. The van der Waals surface area contributed by atoms with Gasteiger partial charge in [-0.15, -0.1) is 0 Å². The molecule has 0 heterocycles. The Balaban J connectivity index is 0.000000224. The standard InChI is InChI=1S/2C24H28OP.C4H6O4/c2*1-19-11-4-7-14-22(19)26(18-10-17-25,23-15-8-5-12-20(23)2)24-16-9-6-13-21(24)3;5-3(6)1-2-4(7)8/h2*4-9,11-16,25H,10,17-18H2,1-3H3;1-2H2,(H,5,6)(H,7,8)/q2*+1;/p-2. The molecule has 6 aromatic rings. The van der Waals surface area contributed by atoms with Crippen LogP contribution in [0.3, 0.4) is 0 Å². The van der Waals surface area contributed by atoms with Gasteiger partial charge in [0.25, 0.3) is 0 Å². The summed E-state index contributed by atoms with van der Waals surface area (Å²) in [6.45, 7) is 13.8. The summed E-state index contributed by atoms with van der Waals surface area (Å²) in [6.07, 6.45) is 2.66. The van der Waals surface area contributed by atoms with Gasteiger partial charge < -0.3 is 30.0 Å². The van der Waals surface area contributed by atoms with Crippen LogP contribution in [0.5, 0.6) is 0 Å². The Kier molecular flexibility index (Phi) is 18.4. The third-order valence-electron chi connectivity index (χ3n) is 11.0. The van der Waals surface area contributed by atoms with Gasteiger partial charge in [-0.05, 0) is 124 Å². The van der Waals surface area contributed by atoms with Crippen LogP contribution in [0, 0.1) is 41.5 Å². The molecular weight excluding hydrogens is 783 g/mol. The number of aliphatic hydroxyl groups excluding tert-OH is 2. The molecule has 0 fully saturated rings. The Morgan fingerprint density at radius 2 is 0.567 bits per heavy atom. The maximum absolute atomic E-state index is 9.70. The van der Waals surface area contributed by atoms with Crippen molar-refractivity contribution >= 4 is 58.3 Å². The number of aryl methyl sites for hydroxylation is 6. The first kappa shape index (κ1) is 47.7. The van der Waals surface area contributed by atoms with Crippen LogP contribution in [0.25, 0.3) is 0 Å². The van der Waals surface area contributed by atoms with Gasteiger partial charge in [-0.1, -0.05) is 109 Å². The first-order valence-electron chi connectivity index (χ1n) is 20.6. The maximum atomic E-state index is 9.70. The topological polar surface area (TPSA) is 121 Å². The summed E-state index contributed by atoms with van der Waals surface area (Å²) < 4.78 is 0. The van der Waals surface area contributed by atoms with Crippen molar-refractivity contribution in [1.29, 1.82) is 0 Å². The lowest BCUT2D eigenvalue weighted by Crippen LogP contribution is -2.37. The number of carbonyl (C=O) groups excluding carboxylic acids is 2. The summed E-state index contributed by atoms with van der Waals surface area (Å²) in [5.41, 5.74) is 8.03. The zero-order valence-electron chi connectivity index (χ0n) is 35.9. The fourth-order valence-electron chi connectivity index (χ4n) is 8.27. The fourth-order valence-corrected chi connectivity index (χ4v) is 18.6. The Hall–Kier alpha value is -4.96. The van der Waals surface area contributed by atoms with Crippen molar-refractivity contribution in [2.24, 2.45) is 0 Å². The normalized spacial score (nSPS) is 11.1. The van der Waals surface area contributed by atoms with E-state index in [1.54, 1.807) is 0 Å². The number of rotatable bonds is 15. The molecule has 6 aromatic carbocycles. The van der Waals surface area contributed by atoms with Gasteiger partial charge in [-0.2, -0.15) is 0 Å². The Bertz CT molecular complexity index is 1930. The van der Waals surface area contributed by atoms with Crippen molar-refractivity contribution in [2.75, 3.05) is 25.5 Å². The number of benzene rings is 6. The molecule has 314 valence electrons. The molecule has 0 unspecified atom stereocenters. The minimum absolute atomic E-state index is 0.228. The second-order valence-electron chi connectivity index (χ2n) is 15.2. The monoisotopic (exact) mass is 842 g/mol. The van der Waals surface area contributed by atoms with Gasteiger partial charge in [0.05, 0.1) is 12.3 Å². The highest BCUT2D eigenvalue weighted by Gasteiger charge is 2.48. The highest BCUT2D eigenvalue weighted by molar-refractivity contribution is 7.96. The second kappa shape index (κ2) is 23.1. The SMILES string of the molecule is Cc1ccccc1[P+](CCCO)(c1ccccc1C)c1ccccc1C.Cc1ccccc1[P+](CCCO)(c1ccccc1C)c1ccccc1C.O=C([O-])CCC(=O)[O-]. The molecule has 0 amide bonds. The van der Waals surface area contributed by atoms with Crippen LogP contribution in [0.1, 0.15) is 59.1 Å². The lowest BCUT2D eigenvalue weighted by Gasteiger charge is -2.31. The van der Waals surface area contributed by atoms with Gasteiger partial charge in [0.2, 0.25) is 0 Å². The van der Waals surface area contributed by atoms with E-state index in [2.05, 4.69) is 187 Å². The molecule has 6 nitrogen and oxygen atoms in total. The van der Waals surface area contributed by atoms with Crippen LogP contribution in [0.15, 0.2) is 146 Å². The molecule has 60 heavy (non-hydrogen) atoms. The van der Waals surface area contributed by atoms with E-state index < -0.39 is 39.3 Å². The summed E-state index contributed by atoms with van der Waals surface area (Å²) >= 11 is 0. The molecule has 0 aliphatic heterocycles. The fraction of sp³-hybridized carbons (Fsp3) is 0.269. The molecule has 2 N–H and O–H groups in total. The lowest BCUT2D eigenvalue weighted by atomic mass is 10.2. The van der Waals surface area contributed by atoms with Gasteiger partial charge in [0, 0.05) is 38.0 Å². The van der Waals surface area contributed by atoms with Crippen LogP contribution in [-0.4, -0.2) is 47.7 Å². The average molecular weight is 843 g/mol. The van der Waals surface area contributed by atoms with Gasteiger partial charge in [0.15, 0.2) is 0 Å². The molecule has 8 heteroatoms. The highest BCUT2D eigenvalue weighted by Crippen LogP contribution is 2.59. The van der Waals surface area contributed by atoms with Gasteiger partial charge >= 0.3 is 0 Å². The maximum Gasteiger partial charge on any atom is 0.113 e. The van der Waals surface area contributed by atoms with Crippen molar-refractivity contribution in [3.63, 3.8) is 0 Å². The van der Waals surface area contributed by atoms with Crippen molar-refractivity contribution in [3.05, 3.63) is 179 Å². The molecule has 6 rings (SSSR count). The lowest BCUT2D eigenvalue weighted by molar-refractivity contribution is -0.315. The van der Waals surface area contributed by atoms with Crippen LogP contribution >= 0.6 is 14.5 Å². The zero-order chi connectivity index (χ0) is 43.7. The largest absolute Gasteiger partial charge is 0.550 e. The number of hydrogen-bond acceptors (Lipinski definition) is 6. The van der Waals surface area contributed by atoms with Crippen molar-refractivity contribution < 1.29 is 30.0 Å². The Morgan fingerprint density at radius 3 is 0.717 bits per heavy atom. The molecule has 0 aromatic heterocycles. The van der Waals surface area contributed by atoms with E-state index in [0.717, 1.165) is 25.2 Å². The Morgan fingerprint density at radius 1 is 0.383 bits per heavy atom. The van der Waals surface area contributed by atoms with Gasteiger partial charge in [-0.25, -0.2) is 0 Å². The van der Waals surface area contributed by atoms with Crippen LogP contribution in [0.4, 0.5) is 0 Å². The highest BCUT2D eigenvalue weighted by atomic mass is 31.2. The number of carbonyl (C=O) groups is 2. The summed E-state index contributed by atoms with van der Waals surface area (Å²) in [7, 11) is -3.69. The summed E-state index contributed by atoms with van der Waals surface area (Å²) in [5.74, 6) is -2.73. The molecule has 0 bridgehead atoms. The van der Waals surface area contributed by atoms with E-state index in [0.29, 0.717) is 0 Å². The first-order valence-corrected chi connectivity index (χ1v) is 24.5. The average Bonchev–Trinajstić information content (AvgIpc) is 3.24. The second-order valence-corrected chi connectivity index (χ2v) is 22.2. The molecule has 0 spiro atoms. The predicted molar refractivity (Wildman–Crippen MR) is 251 cm³/mol. The summed E-state index contributed by atoms with van der Waals surface area (Å²) in [6, 6.07) is 52.8. The van der Waals surface area contributed by atoms with E-state index in [1.807, 2.05) is 0 Å². The molecule has 0 aliphatic rings. The molecular formula is C52H60O6P2. The summed E-state index contributed by atoms with van der Waals surface area (Å²) in [4.78, 5) is 19.0. The van der Waals surface area contributed by atoms with Crippen LogP contribution in [0.2, 0.25) is 0 Å². The van der Waals surface area contributed by atoms with E-state index in [4.69, 9.17) is 0 Å². The third kappa shape index (κ3) is 11.4. The van der Waals surface area contributed by atoms with E-state index in [9.17, 15) is 30.0 Å². The van der Waals surface area contributed by atoms with Crippen molar-refractivity contribution in [2.45, 2.75) is 67.2 Å². The van der Waals surface area contributed by atoms with E-state index in [-0.39, 0.29) is 13.2 Å². The Labute approximate surface area is 358 Å². The number of carboxylic acid groups (broad SMARTS) is 2. The zero-order valence-corrected chi connectivity index (χ0v) is 37.7. The smallest absolute Gasteiger partial charge is 0.113 e. The molecule has 0 saturated carbocycles. The van der Waals surface area contributed by atoms with E-state index >= 15 is 0 Å². The van der Waals surface area contributed by atoms with Crippen LogP contribution < -0.4 is 42.0 Å². The van der Waals surface area contributed by atoms with Gasteiger partial charge in [-0.3, -0.25) is 0 Å². The minimum atomic E-state index is -1.84.